The van der Waals surface area contributed by atoms with Gasteiger partial charge >= 0.3 is 18.2 Å². The molecule has 0 saturated heterocycles. The van der Waals surface area contributed by atoms with Crippen molar-refractivity contribution in [2.24, 2.45) is 0 Å². The first kappa shape index (κ1) is 26.1. The van der Waals surface area contributed by atoms with E-state index in [1.165, 1.54) is 18.2 Å². The molecule has 1 unspecified atom stereocenters. The Morgan fingerprint density at radius 3 is 2.32 bits per heavy atom. The highest BCUT2D eigenvalue weighted by molar-refractivity contribution is 6.12. The van der Waals surface area contributed by atoms with Crippen LogP contribution in [-0.2, 0) is 10.5 Å². The highest BCUT2D eigenvalue weighted by Crippen LogP contribution is 2.45. The lowest BCUT2D eigenvalue weighted by molar-refractivity contribution is -0.192. The molecule has 5 N–H and O–H groups in total. The van der Waals surface area contributed by atoms with E-state index in [1.807, 2.05) is 0 Å². The zero-order valence-electron chi connectivity index (χ0n) is 18.8. The molecule has 1 atom stereocenters. The van der Waals surface area contributed by atoms with Gasteiger partial charge in [-0.05, 0) is 36.4 Å². The number of halogens is 4. The Morgan fingerprint density at radius 2 is 1.68 bits per heavy atom. The number of fused-ring (bicyclic) bond motifs is 2. The number of aromatic nitrogens is 2. The third kappa shape index (κ3) is 4.71. The Hall–Kier alpha value is -4.98. The van der Waals surface area contributed by atoms with Crippen molar-refractivity contribution in [1.82, 2.24) is 9.97 Å². The number of carbonyl (C=O) groups excluding carboxylic acids is 1. The van der Waals surface area contributed by atoms with Crippen LogP contribution in [0.5, 0.6) is 0 Å². The number of hydrogen-bond acceptors (Lipinski definition) is 5. The summed E-state index contributed by atoms with van der Waals surface area (Å²) < 4.78 is 45.7. The van der Waals surface area contributed by atoms with Crippen molar-refractivity contribution in [2.75, 3.05) is 10.2 Å². The Morgan fingerprint density at radius 1 is 1.00 bits per heavy atom. The maximum absolute atomic E-state index is 14.0. The van der Waals surface area contributed by atoms with Crippen LogP contribution < -0.4 is 10.2 Å². The van der Waals surface area contributed by atoms with Crippen LogP contribution in [0.1, 0.15) is 21.5 Å². The molecule has 196 valence electrons. The number of hydrogen-bond donors (Lipinski definition) is 5. The number of aliphatic carboxylic acids is 1. The lowest BCUT2D eigenvalue weighted by atomic mass is 9.93. The SMILES string of the molecule is O=C(O)C(F)(F)F.O=C(O)Nc1nc2ccc(C3(O)c4ccccc4C(=O)N3c3cccc(F)c3)cc2[nH]1. The standard InChI is InChI=1S/C22H15FN4O4.C2HF3O2/c23-13-4-3-5-14(11-13)27-19(28)15-6-1-2-7-16(15)22(27,31)12-8-9-17-18(10-12)25-20(24-17)26-21(29)30;3-2(4,5)1(6)7/h1-11,31H,(H,29,30)(H2,24,25,26);(H,6,7). The lowest BCUT2D eigenvalue weighted by Gasteiger charge is -2.34. The van der Waals surface area contributed by atoms with Crippen LogP contribution in [-0.4, -0.2) is 49.4 Å². The largest absolute Gasteiger partial charge is 0.490 e. The zero-order chi connectivity index (χ0) is 27.8. The van der Waals surface area contributed by atoms with E-state index in [4.69, 9.17) is 15.0 Å². The van der Waals surface area contributed by atoms with Gasteiger partial charge in [-0.1, -0.05) is 30.3 Å². The number of aliphatic hydroxyl groups is 1. The fourth-order valence-electron chi connectivity index (χ4n) is 3.95. The van der Waals surface area contributed by atoms with Gasteiger partial charge in [0.25, 0.3) is 5.91 Å². The van der Waals surface area contributed by atoms with Gasteiger partial charge in [0.2, 0.25) is 5.95 Å². The normalized spacial score (nSPS) is 16.6. The number of imidazole rings is 1. The molecule has 0 spiro atoms. The fourth-order valence-corrected chi connectivity index (χ4v) is 3.95. The van der Waals surface area contributed by atoms with Crippen molar-refractivity contribution in [3.8, 4) is 0 Å². The molecular weight excluding hydrogens is 516 g/mol. The number of carbonyl (C=O) groups is 3. The summed E-state index contributed by atoms with van der Waals surface area (Å²) in [4.78, 5) is 41.1. The minimum absolute atomic E-state index is 0.0246. The summed E-state index contributed by atoms with van der Waals surface area (Å²) in [5.41, 5.74) is 0.173. The smallest absolute Gasteiger partial charge is 0.475 e. The molecule has 2 amide bonds. The quantitative estimate of drug-likeness (QED) is 0.247. The number of nitrogens with one attached hydrogen (secondary N) is 2. The number of amides is 2. The average Bonchev–Trinajstić information content (AvgIpc) is 3.34. The molecule has 10 nitrogen and oxygen atoms in total. The number of alkyl halides is 3. The number of aromatic amines is 1. The maximum atomic E-state index is 14.0. The second kappa shape index (κ2) is 9.48. The molecular formula is C24H16F4N4O6. The predicted octanol–water partition coefficient (Wildman–Crippen LogP) is 4.28. The van der Waals surface area contributed by atoms with Crippen molar-refractivity contribution in [3.05, 3.63) is 89.2 Å². The van der Waals surface area contributed by atoms with E-state index in [0.717, 1.165) is 4.90 Å². The minimum Gasteiger partial charge on any atom is -0.475 e. The highest BCUT2D eigenvalue weighted by atomic mass is 19.4. The molecule has 0 saturated carbocycles. The summed E-state index contributed by atoms with van der Waals surface area (Å²) in [7, 11) is 0. The number of H-pyrrole nitrogens is 1. The fraction of sp³-hybridized carbons (Fsp3) is 0.0833. The third-order valence-electron chi connectivity index (χ3n) is 5.48. The Balaban J connectivity index is 0.000000426. The van der Waals surface area contributed by atoms with Crippen LogP contribution in [0, 0.1) is 5.82 Å². The summed E-state index contributed by atoms with van der Waals surface area (Å²) in [6.07, 6.45) is -6.36. The number of benzene rings is 3. The molecule has 0 bridgehead atoms. The van der Waals surface area contributed by atoms with E-state index in [0.29, 0.717) is 27.7 Å². The minimum atomic E-state index is -5.08. The van der Waals surface area contributed by atoms with Gasteiger partial charge in [0.05, 0.1) is 16.7 Å². The molecule has 14 heteroatoms. The van der Waals surface area contributed by atoms with Gasteiger partial charge in [0, 0.05) is 16.7 Å². The molecule has 38 heavy (non-hydrogen) atoms. The van der Waals surface area contributed by atoms with Crippen molar-refractivity contribution < 1.29 is 47.3 Å². The predicted molar refractivity (Wildman–Crippen MR) is 124 cm³/mol. The van der Waals surface area contributed by atoms with E-state index in [9.17, 15) is 32.3 Å². The third-order valence-corrected chi connectivity index (χ3v) is 5.48. The summed E-state index contributed by atoms with van der Waals surface area (Å²) in [6, 6.07) is 16.8. The van der Waals surface area contributed by atoms with Crippen molar-refractivity contribution in [3.63, 3.8) is 0 Å². The number of carboxylic acids is 1. The average molecular weight is 532 g/mol. The first-order valence-electron chi connectivity index (χ1n) is 10.5. The summed E-state index contributed by atoms with van der Waals surface area (Å²) >= 11 is 0. The topological polar surface area (TPSA) is 156 Å². The molecule has 1 aliphatic rings. The van der Waals surface area contributed by atoms with Crippen molar-refractivity contribution in [2.45, 2.75) is 11.9 Å². The Kier molecular flexibility index (Phi) is 6.51. The number of nitrogens with zero attached hydrogens (tertiary/aromatic N) is 2. The zero-order valence-corrected chi connectivity index (χ0v) is 18.8. The second-order valence-corrected chi connectivity index (χ2v) is 7.89. The molecule has 2 heterocycles. The highest BCUT2D eigenvalue weighted by Gasteiger charge is 2.50. The second-order valence-electron chi connectivity index (χ2n) is 7.89. The monoisotopic (exact) mass is 532 g/mol. The number of anilines is 2. The molecule has 0 fully saturated rings. The van der Waals surface area contributed by atoms with E-state index >= 15 is 0 Å². The molecule has 0 aliphatic carbocycles. The van der Waals surface area contributed by atoms with E-state index in [-0.39, 0.29) is 11.6 Å². The first-order valence-corrected chi connectivity index (χ1v) is 10.5. The van der Waals surface area contributed by atoms with Gasteiger partial charge in [-0.3, -0.25) is 15.0 Å². The summed E-state index contributed by atoms with van der Waals surface area (Å²) in [5, 5.41) is 30.1. The summed E-state index contributed by atoms with van der Waals surface area (Å²) in [6.45, 7) is 0. The van der Waals surface area contributed by atoms with Crippen LogP contribution in [0.3, 0.4) is 0 Å². The van der Waals surface area contributed by atoms with Gasteiger partial charge in [-0.25, -0.2) is 19.0 Å². The molecule has 1 aromatic heterocycles. The van der Waals surface area contributed by atoms with E-state index < -0.39 is 35.7 Å². The summed E-state index contributed by atoms with van der Waals surface area (Å²) in [5.74, 6) is -3.75. The van der Waals surface area contributed by atoms with Crippen molar-refractivity contribution >= 4 is 40.6 Å². The Labute approximate surface area is 209 Å². The van der Waals surface area contributed by atoms with Crippen LogP contribution in [0.4, 0.5) is 34.0 Å². The first-order chi connectivity index (χ1) is 17.8. The Bertz CT molecular complexity index is 1570. The maximum Gasteiger partial charge on any atom is 0.490 e. The van der Waals surface area contributed by atoms with E-state index in [1.54, 1.807) is 48.5 Å². The molecule has 0 radical (unpaired) electrons. The van der Waals surface area contributed by atoms with Gasteiger partial charge in [0.1, 0.15) is 5.82 Å². The molecule has 5 rings (SSSR count). The van der Waals surface area contributed by atoms with Gasteiger partial charge in [-0.2, -0.15) is 13.2 Å². The van der Waals surface area contributed by atoms with Crippen LogP contribution in [0.15, 0.2) is 66.7 Å². The van der Waals surface area contributed by atoms with Crippen molar-refractivity contribution in [1.29, 1.82) is 0 Å². The van der Waals surface area contributed by atoms with Crippen LogP contribution >= 0.6 is 0 Å². The number of carboxylic acid groups (broad SMARTS) is 2. The van der Waals surface area contributed by atoms with Gasteiger partial charge in [0.15, 0.2) is 5.72 Å². The molecule has 3 aromatic carbocycles. The molecule has 1 aliphatic heterocycles. The number of rotatable bonds is 3. The van der Waals surface area contributed by atoms with Crippen LogP contribution in [0.2, 0.25) is 0 Å². The van der Waals surface area contributed by atoms with Gasteiger partial charge in [-0.15, -0.1) is 0 Å². The van der Waals surface area contributed by atoms with Crippen LogP contribution in [0.25, 0.3) is 11.0 Å². The molecule has 4 aromatic rings. The lowest BCUT2D eigenvalue weighted by Crippen LogP contribution is -2.45. The van der Waals surface area contributed by atoms with E-state index in [2.05, 4.69) is 15.3 Å². The van der Waals surface area contributed by atoms with Gasteiger partial charge < -0.3 is 20.3 Å².